The quantitative estimate of drug-likeness (QED) is 0.755. The van der Waals surface area contributed by atoms with Gasteiger partial charge in [0, 0.05) is 5.56 Å². The van der Waals surface area contributed by atoms with Gasteiger partial charge in [-0.25, -0.2) is 4.99 Å². The first-order chi connectivity index (χ1) is 7.72. The van der Waals surface area contributed by atoms with E-state index in [0.717, 1.165) is 24.2 Å². The van der Waals surface area contributed by atoms with Gasteiger partial charge in [0.15, 0.2) is 0 Å². The van der Waals surface area contributed by atoms with E-state index in [0.29, 0.717) is 5.90 Å². The van der Waals surface area contributed by atoms with Gasteiger partial charge in [0.25, 0.3) is 0 Å². The molecule has 16 heavy (non-hydrogen) atoms. The fraction of sp³-hybridized carbons (Fsp3) is 0.357. The van der Waals surface area contributed by atoms with Crippen LogP contribution in [-0.2, 0) is 4.74 Å². The molecule has 0 atom stereocenters. The average Bonchev–Trinajstić information content (AvgIpc) is 2.68. The van der Waals surface area contributed by atoms with E-state index < -0.39 is 0 Å². The van der Waals surface area contributed by atoms with Crippen molar-refractivity contribution < 1.29 is 4.74 Å². The maximum absolute atomic E-state index is 5.70. The molecule has 0 radical (unpaired) electrons. The first kappa shape index (κ1) is 10.9. The maximum atomic E-state index is 5.70. The third kappa shape index (κ3) is 1.64. The Labute approximate surface area is 96.7 Å². The van der Waals surface area contributed by atoms with Crippen LogP contribution in [0.5, 0.6) is 0 Å². The van der Waals surface area contributed by atoms with Gasteiger partial charge >= 0.3 is 0 Å². The van der Waals surface area contributed by atoms with Crippen molar-refractivity contribution in [2.75, 3.05) is 0 Å². The summed E-state index contributed by atoms with van der Waals surface area (Å²) in [6.45, 7) is 8.23. The second kappa shape index (κ2) is 4.12. The minimum Gasteiger partial charge on any atom is -0.441 e. The zero-order valence-corrected chi connectivity index (χ0v) is 9.86. The maximum Gasteiger partial charge on any atom is 0.222 e. The Morgan fingerprint density at radius 1 is 1.19 bits per heavy atom. The smallest absolute Gasteiger partial charge is 0.222 e. The fourth-order valence-corrected chi connectivity index (χ4v) is 2.00. The molecular formula is C14H17NO. The van der Waals surface area contributed by atoms with E-state index in [-0.39, 0.29) is 5.54 Å². The summed E-state index contributed by atoms with van der Waals surface area (Å²) in [5.74, 6) is 1.48. The molecule has 0 spiro atoms. The number of rotatable bonds is 3. The van der Waals surface area contributed by atoms with Gasteiger partial charge in [-0.1, -0.05) is 38.6 Å². The molecule has 0 saturated carbocycles. The molecule has 2 heteroatoms. The lowest BCUT2D eigenvalue weighted by molar-refractivity contribution is 0.342. The van der Waals surface area contributed by atoms with Crippen LogP contribution in [0.2, 0.25) is 0 Å². The topological polar surface area (TPSA) is 21.6 Å². The van der Waals surface area contributed by atoms with E-state index in [9.17, 15) is 0 Å². The highest BCUT2D eigenvalue weighted by molar-refractivity contribution is 5.96. The minimum atomic E-state index is -0.217. The molecule has 2 nitrogen and oxygen atoms in total. The molecule has 0 N–H and O–H groups in total. The van der Waals surface area contributed by atoms with Gasteiger partial charge in [-0.05, 0) is 25.0 Å². The Morgan fingerprint density at radius 2 is 1.81 bits per heavy atom. The zero-order valence-electron chi connectivity index (χ0n) is 9.86. The molecule has 1 aliphatic rings. The van der Waals surface area contributed by atoms with Crippen molar-refractivity contribution in [2.24, 2.45) is 4.99 Å². The predicted octanol–water partition coefficient (Wildman–Crippen LogP) is 3.54. The molecule has 1 aliphatic heterocycles. The molecule has 0 unspecified atom stereocenters. The number of ether oxygens (including phenoxy) is 1. The summed E-state index contributed by atoms with van der Waals surface area (Å²) in [7, 11) is 0. The lowest BCUT2D eigenvalue weighted by atomic mass is 9.92. The Kier molecular flexibility index (Phi) is 2.82. The monoisotopic (exact) mass is 215 g/mol. The normalized spacial score (nSPS) is 18.1. The lowest BCUT2D eigenvalue weighted by Gasteiger charge is -2.20. The molecule has 0 aromatic heterocycles. The van der Waals surface area contributed by atoms with Crippen LogP contribution < -0.4 is 0 Å². The molecule has 0 bridgehead atoms. The number of nitrogens with zero attached hydrogens (tertiary/aromatic N) is 1. The molecule has 0 amide bonds. The average molecular weight is 215 g/mol. The van der Waals surface area contributed by atoms with Gasteiger partial charge in [-0.2, -0.15) is 0 Å². The Balaban J connectivity index is 2.37. The summed E-state index contributed by atoms with van der Waals surface area (Å²) >= 11 is 0. The van der Waals surface area contributed by atoms with Crippen molar-refractivity contribution in [3.63, 3.8) is 0 Å². The number of hydrogen-bond donors (Lipinski definition) is 0. The number of aliphatic imine (C=N–C) groups is 1. The van der Waals surface area contributed by atoms with Gasteiger partial charge in [-0.3, -0.25) is 0 Å². The standard InChI is InChI=1S/C14H17NO/c1-4-14(5-2)11(3)16-13(15-14)12-9-7-6-8-10-12/h6-10H,3-5H2,1-2H3. The van der Waals surface area contributed by atoms with Crippen molar-refractivity contribution in [3.05, 3.63) is 48.2 Å². The van der Waals surface area contributed by atoms with E-state index in [1.165, 1.54) is 0 Å². The van der Waals surface area contributed by atoms with Gasteiger partial charge in [0.05, 0.1) is 0 Å². The highest BCUT2D eigenvalue weighted by Gasteiger charge is 2.37. The van der Waals surface area contributed by atoms with Crippen LogP contribution in [0, 0.1) is 0 Å². The molecule has 0 aliphatic carbocycles. The molecule has 2 rings (SSSR count). The van der Waals surface area contributed by atoms with Crippen LogP contribution in [0.25, 0.3) is 0 Å². The minimum absolute atomic E-state index is 0.217. The molecule has 0 saturated heterocycles. The number of benzene rings is 1. The van der Waals surface area contributed by atoms with E-state index in [1.807, 2.05) is 30.3 Å². The third-order valence-corrected chi connectivity index (χ3v) is 3.24. The summed E-state index contributed by atoms with van der Waals surface area (Å²) in [6, 6.07) is 9.98. The molecule has 1 heterocycles. The van der Waals surface area contributed by atoms with Gasteiger partial charge in [0.2, 0.25) is 5.90 Å². The van der Waals surface area contributed by atoms with E-state index in [4.69, 9.17) is 9.73 Å². The van der Waals surface area contributed by atoms with Crippen LogP contribution in [-0.4, -0.2) is 11.4 Å². The van der Waals surface area contributed by atoms with Crippen LogP contribution in [0.1, 0.15) is 32.3 Å². The predicted molar refractivity (Wildman–Crippen MR) is 66.5 cm³/mol. The Bertz CT molecular complexity index is 416. The molecule has 84 valence electrons. The van der Waals surface area contributed by atoms with Crippen molar-refractivity contribution in [3.8, 4) is 0 Å². The van der Waals surface area contributed by atoms with Crippen LogP contribution >= 0.6 is 0 Å². The van der Waals surface area contributed by atoms with Crippen LogP contribution in [0.3, 0.4) is 0 Å². The summed E-state index contributed by atoms with van der Waals surface area (Å²) in [6.07, 6.45) is 1.86. The largest absolute Gasteiger partial charge is 0.441 e. The van der Waals surface area contributed by atoms with Crippen molar-refractivity contribution in [1.82, 2.24) is 0 Å². The van der Waals surface area contributed by atoms with Crippen LogP contribution in [0.15, 0.2) is 47.7 Å². The summed E-state index contributed by atoms with van der Waals surface area (Å²) in [5, 5.41) is 0. The highest BCUT2D eigenvalue weighted by Crippen LogP contribution is 2.35. The van der Waals surface area contributed by atoms with Gasteiger partial charge in [0.1, 0.15) is 11.3 Å². The fourth-order valence-electron chi connectivity index (χ4n) is 2.00. The van der Waals surface area contributed by atoms with Gasteiger partial charge in [-0.15, -0.1) is 0 Å². The summed E-state index contributed by atoms with van der Waals surface area (Å²) in [4.78, 5) is 4.70. The summed E-state index contributed by atoms with van der Waals surface area (Å²) in [5.41, 5.74) is 0.804. The van der Waals surface area contributed by atoms with Gasteiger partial charge < -0.3 is 4.74 Å². The second-order valence-electron chi connectivity index (χ2n) is 4.05. The zero-order chi connectivity index (χ0) is 11.6. The van der Waals surface area contributed by atoms with Crippen molar-refractivity contribution in [2.45, 2.75) is 32.2 Å². The Morgan fingerprint density at radius 3 is 2.31 bits per heavy atom. The molecule has 1 aromatic rings. The SMILES string of the molecule is C=C1OC(c2ccccc2)=NC1(CC)CC. The highest BCUT2D eigenvalue weighted by atomic mass is 16.5. The molecular weight excluding hydrogens is 198 g/mol. The third-order valence-electron chi connectivity index (χ3n) is 3.24. The van der Waals surface area contributed by atoms with E-state index in [2.05, 4.69) is 20.4 Å². The summed E-state index contributed by atoms with van der Waals surface area (Å²) < 4.78 is 5.70. The van der Waals surface area contributed by atoms with Crippen LogP contribution in [0.4, 0.5) is 0 Å². The number of hydrogen-bond acceptors (Lipinski definition) is 2. The first-order valence-corrected chi connectivity index (χ1v) is 5.74. The first-order valence-electron chi connectivity index (χ1n) is 5.74. The van der Waals surface area contributed by atoms with E-state index >= 15 is 0 Å². The van der Waals surface area contributed by atoms with Crippen molar-refractivity contribution in [1.29, 1.82) is 0 Å². The second-order valence-corrected chi connectivity index (χ2v) is 4.05. The Hall–Kier alpha value is -1.57. The van der Waals surface area contributed by atoms with E-state index in [1.54, 1.807) is 0 Å². The lowest BCUT2D eigenvalue weighted by Crippen LogP contribution is -2.23. The molecule has 0 fully saturated rings. The molecule has 1 aromatic carbocycles. The van der Waals surface area contributed by atoms with Crippen molar-refractivity contribution >= 4 is 5.90 Å².